The van der Waals surface area contributed by atoms with Crippen molar-refractivity contribution in [3.05, 3.63) is 75.7 Å². The largest absolute Gasteiger partial charge is 0.508 e. The predicted octanol–water partition coefficient (Wildman–Crippen LogP) is 8.46. The number of aromatic hydroxyl groups is 2. The number of pyridine rings is 1. The number of aromatic nitrogens is 1. The molecule has 56 heavy (non-hydrogen) atoms. The Morgan fingerprint density at radius 2 is 1.57 bits per heavy atom. The predicted molar refractivity (Wildman–Crippen MR) is 195 cm³/mol. The highest BCUT2D eigenvalue weighted by Crippen LogP contribution is 2.40. The maximum atomic E-state index is 13.6. The number of phenolic OH excluding ortho intramolecular Hbond substituents is 1. The fourth-order valence-corrected chi connectivity index (χ4v) is 8.23. The van der Waals surface area contributed by atoms with Crippen LogP contribution in [0, 0.1) is 11.8 Å². The highest BCUT2D eigenvalue weighted by molar-refractivity contribution is 7.10. The minimum atomic E-state index is -4.72. The van der Waals surface area contributed by atoms with Gasteiger partial charge in [0.25, 0.3) is 5.91 Å². The van der Waals surface area contributed by atoms with Crippen LogP contribution < -0.4 is 0 Å². The first-order chi connectivity index (χ1) is 26.4. The molecule has 2 unspecified atom stereocenters. The molecule has 1 aliphatic carbocycles. The summed E-state index contributed by atoms with van der Waals surface area (Å²) >= 11 is 0.481. The first-order valence-electron chi connectivity index (χ1n) is 18.5. The van der Waals surface area contributed by atoms with Crippen LogP contribution >= 0.6 is 11.3 Å². The van der Waals surface area contributed by atoms with Gasteiger partial charge in [0.15, 0.2) is 0 Å². The van der Waals surface area contributed by atoms with Crippen LogP contribution in [0.15, 0.2) is 54.0 Å². The second-order valence-electron chi connectivity index (χ2n) is 14.3. The number of carboxylic acids is 1. The molecule has 0 spiro atoms. The normalized spacial score (nSPS) is 20.0. The molecule has 3 aromatic rings. The number of amides is 2. The Morgan fingerprint density at radius 1 is 0.911 bits per heavy atom. The highest BCUT2D eigenvalue weighted by atomic mass is 32.1. The molecule has 0 bridgehead atoms. The first kappa shape index (κ1) is 44.3. The molecule has 2 aliphatic heterocycles. The summed E-state index contributed by atoms with van der Waals surface area (Å²) in [6.45, 7) is 2.71. The second kappa shape index (κ2) is 19.2. The van der Waals surface area contributed by atoms with Crippen molar-refractivity contribution in [1.29, 1.82) is 0 Å². The molecule has 2 aromatic heterocycles. The number of thiophene rings is 1. The summed E-state index contributed by atoms with van der Waals surface area (Å²) in [5, 5.41) is 39.3. The van der Waals surface area contributed by atoms with E-state index in [4.69, 9.17) is 10.2 Å². The highest BCUT2D eigenvalue weighted by Gasteiger charge is 2.45. The van der Waals surface area contributed by atoms with E-state index < -0.39 is 57.9 Å². The van der Waals surface area contributed by atoms with Gasteiger partial charge in [-0.3, -0.25) is 19.4 Å². The van der Waals surface area contributed by atoms with Gasteiger partial charge in [-0.15, -0.1) is 11.3 Å². The Labute approximate surface area is 324 Å². The van der Waals surface area contributed by atoms with Gasteiger partial charge in [-0.05, 0) is 69.1 Å². The molecule has 2 saturated heterocycles. The molecule has 3 fully saturated rings. The Kier molecular flexibility index (Phi) is 15.2. The molecule has 0 radical (unpaired) electrons. The number of carbonyl (C=O) groups excluding carboxylic acids is 2. The van der Waals surface area contributed by atoms with Crippen LogP contribution in [0.5, 0.6) is 11.5 Å². The number of phenols is 1. The van der Waals surface area contributed by atoms with Gasteiger partial charge in [-0.25, -0.2) is 0 Å². The van der Waals surface area contributed by atoms with Gasteiger partial charge in [0.2, 0.25) is 5.91 Å². The zero-order valence-electron chi connectivity index (χ0n) is 30.9. The lowest BCUT2D eigenvalue weighted by molar-refractivity contribution is -0.144. The third-order valence-electron chi connectivity index (χ3n) is 10.4. The zero-order valence-corrected chi connectivity index (χ0v) is 31.7. The van der Waals surface area contributed by atoms with Crippen molar-refractivity contribution < 1.29 is 61.2 Å². The lowest BCUT2D eigenvalue weighted by Crippen LogP contribution is -2.55. The number of likely N-dealkylation sites (tertiary alicyclic amines) is 2. The van der Waals surface area contributed by atoms with Gasteiger partial charge in [0, 0.05) is 55.3 Å². The van der Waals surface area contributed by atoms with E-state index >= 15 is 0 Å². The lowest BCUT2D eigenvalue weighted by Gasteiger charge is -2.44. The fraction of sp³-hybridized carbons (Fsp3) is 0.538. The van der Waals surface area contributed by atoms with E-state index in [1.807, 2.05) is 6.92 Å². The molecule has 3 aliphatic rings. The summed E-state index contributed by atoms with van der Waals surface area (Å²) in [6.07, 6.45) is -0.120. The Balaban J connectivity index is 0.000000297. The van der Waals surface area contributed by atoms with Gasteiger partial charge in [-0.2, -0.15) is 26.3 Å². The zero-order chi connectivity index (χ0) is 41.3. The summed E-state index contributed by atoms with van der Waals surface area (Å²) < 4.78 is 75.8. The summed E-state index contributed by atoms with van der Waals surface area (Å²) in [5.41, 5.74) is -2.55. The van der Waals surface area contributed by atoms with E-state index in [0.29, 0.717) is 61.0 Å². The Hall–Kier alpha value is -4.38. The summed E-state index contributed by atoms with van der Waals surface area (Å²) in [4.78, 5) is 43.2. The van der Waals surface area contributed by atoms with Crippen molar-refractivity contribution in [2.45, 2.75) is 102 Å². The van der Waals surface area contributed by atoms with Crippen LogP contribution in [0.2, 0.25) is 0 Å². The number of hydrogen-bond donors (Lipinski definition) is 4. The summed E-state index contributed by atoms with van der Waals surface area (Å²) in [6, 6.07) is 8.75. The van der Waals surface area contributed by atoms with Gasteiger partial charge < -0.3 is 30.2 Å². The fourth-order valence-electron chi connectivity index (χ4n) is 7.59. The number of aliphatic carboxylic acids is 1. The van der Waals surface area contributed by atoms with Gasteiger partial charge in [0.1, 0.15) is 22.1 Å². The van der Waals surface area contributed by atoms with E-state index in [1.165, 1.54) is 30.0 Å². The average Bonchev–Trinajstić information content (AvgIpc) is 3.84. The number of nitrogens with zero attached hydrogens (tertiary/aromatic N) is 3. The number of rotatable bonds is 7. The van der Waals surface area contributed by atoms with Crippen molar-refractivity contribution in [2.24, 2.45) is 11.8 Å². The molecule has 10 nitrogen and oxygen atoms in total. The van der Waals surface area contributed by atoms with Crippen LogP contribution in [0.3, 0.4) is 0 Å². The Morgan fingerprint density at radius 3 is 2.11 bits per heavy atom. The smallest absolute Gasteiger partial charge is 0.425 e. The first-order valence-corrected chi connectivity index (χ1v) is 19.4. The van der Waals surface area contributed by atoms with Crippen LogP contribution in [-0.4, -0.2) is 78.7 Å². The van der Waals surface area contributed by atoms with Crippen LogP contribution in [0.4, 0.5) is 26.3 Å². The molecule has 4 N–H and O–H groups in total. The molecule has 17 heteroatoms. The van der Waals surface area contributed by atoms with Gasteiger partial charge >= 0.3 is 18.3 Å². The van der Waals surface area contributed by atoms with Crippen LogP contribution in [0.25, 0.3) is 0 Å². The van der Waals surface area contributed by atoms with E-state index in [0.717, 1.165) is 30.4 Å². The summed E-state index contributed by atoms with van der Waals surface area (Å²) in [5.74, 6) is -2.00. The van der Waals surface area contributed by atoms with Crippen LogP contribution in [-0.2, 0) is 27.5 Å². The lowest BCUT2D eigenvalue weighted by atomic mass is 9.81. The molecule has 4 heterocycles. The van der Waals surface area contributed by atoms with Gasteiger partial charge in [-0.1, -0.05) is 44.4 Å². The maximum absolute atomic E-state index is 13.6. The number of alkyl halides is 6. The number of carbonyl (C=O) groups is 3. The second-order valence-corrected chi connectivity index (χ2v) is 15.2. The number of para-hydroxylation sites is 1. The third-order valence-corrected chi connectivity index (χ3v) is 11.3. The molecule has 2 amide bonds. The molecule has 6 rings (SSSR count). The minimum absolute atomic E-state index is 0.00182. The SMILES string of the molecule is CCCC1C(C(=O)N2CCC(O)(c3ccccc3O)CC2)CCCN1C(=O)c1ncccc1C(F)(F)F.O=C(O)CC1CCCC1.Oc1csc(C(F)(F)F)c1. The van der Waals surface area contributed by atoms with Crippen LogP contribution in [0.1, 0.15) is 104 Å². The quantitative estimate of drug-likeness (QED) is 0.174. The molecular weight excluding hydrogens is 768 g/mol. The molecule has 1 aromatic carbocycles. The number of piperidine rings is 2. The van der Waals surface area contributed by atoms with Crippen molar-refractivity contribution in [3.8, 4) is 11.5 Å². The van der Waals surface area contributed by atoms with Crippen molar-refractivity contribution >= 4 is 29.1 Å². The number of aliphatic hydroxyl groups is 1. The molecule has 2 atom stereocenters. The molecule has 308 valence electrons. The summed E-state index contributed by atoms with van der Waals surface area (Å²) in [7, 11) is 0. The third kappa shape index (κ3) is 11.6. The van der Waals surface area contributed by atoms with Crippen molar-refractivity contribution in [2.75, 3.05) is 19.6 Å². The van der Waals surface area contributed by atoms with Crippen molar-refractivity contribution in [1.82, 2.24) is 14.8 Å². The minimum Gasteiger partial charge on any atom is -0.508 e. The Bertz CT molecular complexity index is 1770. The molecular formula is C39H47F6N3O7S. The maximum Gasteiger partial charge on any atom is 0.425 e. The van der Waals surface area contributed by atoms with E-state index in [1.54, 1.807) is 23.1 Å². The number of hydrogen-bond acceptors (Lipinski definition) is 8. The van der Waals surface area contributed by atoms with Gasteiger partial charge in [0.05, 0.1) is 17.1 Å². The van der Waals surface area contributed by atoms with E-state index in [9.17, 15) is 50.9 Å². The average molecular weight is 816 g/mol. The topological polar surface area (TPSA) is 152 Å². The standard InChI is InChI=1S/C27H32F3N3O4.C7H12O2.C5H3F3OS/c1-2-7-21-18(8-6-15-33(21)25(36)23-20(27(28,29)30)10-5-14-31-23)24(35)32-16-12-26(37,13-17-32)19-9-3-4-11-22(19)34;8-7(9)5-6-3-1-2-4-6;6-5(7,8)4-1-3(9)2-10-4/h3-5,9-11,14,18,21,34,37H,2,6-8,12-13,15-17H2,1H3;6H,1-5H2,(H,8,9);1-2,9H. The van der Waals surface area contributed by atoms with E-state index in [2.05, 4.69) is 4.98 Å². The van der Waals surface area contributed by atoms with Crippen molar-refractivity contribution in [3.63, 3.8) is 0 Å². The van der Waals surface area contributed by atoms with E-state index in [-0.39, 0.29) is 49.9 Å². The monoisotopic (exact) mass is 815 g/mol. The number of carboxylic acid groups (broad SMARTS) is 1. The number of halogens is 6. The molecule has 1 saturated carbocycles. The number of benzene rings is 1.